The minimum atomic E-state index is 0.364. The van der Waals surface area contributed by atoms with Crippen LogP contribution in [0.3, 0.4) is 0 Å². The third kappa shape index (κ3) is 0.738. The van der Waals surface area contributed by atoms with Crippen LogP contribution in [0, 0.1) is 40.4 Å². The van der Waals surface area contributed by atoms with Crippen molar-refractivity contribution in [3.8, 4) is 0 Å². The van der Waals surface area contributed by atoms with Crippen LogP contribution in [-0.4, -0.2) is 11.6 Å². The Morgan fingerprint density at radius 2 is 1.68 bits per heavy atom. The SMILES string of the molecule is C1=CC2(CC2)[C@H]2[C@@H]1[C@H]1[C@@H]3N=NC4(CC4)[C@@H]3[C@@H]2C12CC2. The van der Waals surface area contributed by atoms with Crippen LogP contribution in [0.15, 0.2) is 22.4 Å². The fourth-order valence-electron chi connectivity index (χ4n) is 7.47. The Labute approximate surface area is 113 Å². The first-order chi connectivity index (χ1) is 9.30. The smallest absolute Gasteiger partial charge is 0.0870 e. The quantitative estimate of drug-likeness (QED) is 0.589. The largest absolute Gasteiger partial charge is 0.189 e. The first-order valence-electron chi connectivity index (χ1n) is 8.41. The molecule has 0 N–H and O–H groups in total. The van der Waals surface area contributed by atoms with E-state index in [1.807, 2.05) is 0 Å². The van der Waals surface area contributed by atoms with E-state index in [1.54, 1.807) is 0 Å². The fraction of sp³-hybridized carbons (Fsp3) is 0.882. The summed E-state index contributed by atoms with van der Waals surface area (Å²) in [7, 11) is 0. The molecule has 3 spiro atoms. The maximum absolute atomic E-state index is 4.85. The summed E-state index contributed by atoms with van der Waals surface area (Å²) in [5.41, 5.74) is 1.78. The van der Waals surface area contributed by atoms with Crippen LogP contribution in [0.4, 0.5) is 0 Å². The summed E-state index contributed by atoms with van der Waals surface area (Å²) in [6, 6.07) is 0.634. The second-order valence-electron chi connectivity index (χ2n) is 8.82. The van der Waals surface area contributed by atoms with Gasteiger partial charge in [0.25, 0.3) is 0 Å². The van der Waals surface area contributed by atoms with Gasteiger partial charge in [-0.05, 0) is 73.0 Å². The van der Waals surface area contributed by atoms with Gasteiger partial charge in [0.05, 0.1) is 11.6 Å². The molecular formula is C17H20N2. The van der Waals surface area contributed by atoms with E-state index in [0.717, 1.165) is 35.0 Å². The van der Waals surface area contributed by atoms with Gasteiger partial charge in [0, 0.05) is 5.92 Å². The molecule has 0 aromatic carbocycles. The Hall–Kier alpha value is -0.660. The van der Waals surface area contributed by atoms with E-state index in [1.165, 1.54) is 38.5 Å². The molecule has 0 aromatic heterocycles. The van der Waals surface area contributed by atoms with Crippen molar-refractivity contribution in [2.24, 2.45) is 50.6 Å². The number of rotatable bonds is 0. The molecule has 0 aromatic rings. The Morgan fingerprint density at radius 3 is 2.37 bits per heavy atom. The zero-order chi connectivity index (χ0) is 12.0. The second kappa shape index (κ2) is 2.25. The molecule has 2 nitrogen and oxygen atoms in total. The first kappa shape index (κ1) is 9.31. The molecular weight excluding hydrogens is 232 g/mol. The second-order valence-corrected chi connectivity index (χ2v) is 8.82. The summed E-state index contributed by atoms with van der Waals surface area (Å²) in [5.74, 6) is 4.68. The van der Waals surface area contributed by atoms with Gasteiger partial charge < -0.3 is 0 Å². The van der Waals surface area contributed by atoms with Crippen molar-refractivity contribution in [3.63, 3.8) is 0 Å². The predicted octanol–water partition coefficient (Wildman–Crippen LogP) is 3.59. The number of hydrogen-bond donors (Lipinski definition) is 0. The lowest BCUT2D eigenvalue weighted by Crippen LogP contribution is -2.41. The molecule has 5 saturated carbocycles. The third-order valence-corrected chi connectivity index (χ3v) is 8.41. The molecule has 2 heteroatoms. The summed E-state index contributed by atoms with van der Waals surface area (Å²) in [6.07, 6.45) is 14.0. The number of nitrogens with zero attached hydrogens (tertiary/aromatic N) is 2. The predicted molar refractivity (Wildman–Crippen MR) is 70.5 cm³/mol. The van der Waals surface area contributed by atoms with Crippen LogP contribution in [-0.2, 0) is 0 Å². The van der Waals surface area contributed by atoms with Gasteiger partial charge in [0.2, 0.25) is 0 Å². The van der Waals surface area contributed by atoms with E-state index in [9.17, 15) is 0 Å². The van der Waals surface area contributed by atoms with E-state index in [-0.39, 0.29) is 0 Å². The van der Waals surface area contributed by atoms with Crippen LogP contribution >= 0.6 is 0 Å². The molecule has 98 valence electrons. The third-order valence-electron chi connectivity index (χ3n) is 8.41. The fourth-order valence-corrected chi connectivity index (χ4v) is 7.47. The van der Waals surface area contributed by atoms with E-state index < -0.39 is 0 Å². The molecule has 6 atom stereocenters. The van der Waals surface area contributed by atoms with E-state index >= 15 is 0 Å². The maximum Gasteiger partial charge on any atom is 0.0870 e. The molecule has 5 fully saturated rings. The van der Waals surface area contributed by atoms with Crippen LogP contribution in [0.2, 0.25) is 0 Å². The lowest BCUT2D eigenvalue weighted by Gasteiger charge is -2.37. The molecule has 0 radical (unpaired) electrons. The molecule has 6 aliphatic carbocycles. The molecule has 19 heavy (non-hydrogen) atoms. The minimum Gasteiger partial charge on any atom is -0.189 e. The summed E-state index contributed by atoms with van der Waals surface area (Å²) in [4.78, 5) is 0. The van der Waals surface area contributed by atoms with Gasteiger partial charge in [-0.15, -0.1) is 0 Å². The van der Waals surface area contributed by atoms with Crippen LogP contribution in [0.25, 0.3) is 0 Å². The summed E-state index contributed by atoms with van der Waals surface area (Å²) in [5, 5.41) is 9.65. The topological polar surface area (TPSA) is 24.7 Å². The van der Waals surface area contributed by atoms with Gasteiger partial charge in [-0.3, -0.25) is 0 Å². The van der Waals surface area contributed by atoms with Crippen molar-refractivity contribution in [1.82, 2.24) is 0 Å². The number of fused-ring (bicyclic) bond motifs is 8. The molecule has 1 aliphatic heterocycles. The Morgan fingerprint density at radius 1 is 0.842 bits per heavy atom. The highest BCUT2D eigenvalue weighted by Crippen LogP contribution is 2.85. The lowest BCUT2D eigenvalue weighted by atomic mass is 9.66. The average Bonchev–Trinajstić information content (AvgIpc) is 3.26. The van der Waals surface area contributed by atoms with Gasteiger partial charge in [-0.1, -0.05) is 12.2 Å². The number of hydrogen-bond acceptors (Lipinski definition) is 2. The summed E-state index contributed by atoms with van der Waals surface area (Å²) >= 11 is 0. The van der Waals surface area contributed by atoms with Gasteiger partial charge in [-0.2, -0.15) is 10.2 Å². The van der Waals surface area contributed by atoms with Crippen molar-refractivity contribution in [1.29, 1.82) is 0 Å². The normalized spacial score (nSPS) is 60.2. The Bertz CT molecular complexity index is 534. The van der Waals surface area contributed by atoms with Crippen molar-refractivity contribution in [2.75, 3.05) is 0 Å². The first-order valence-corrected chi connectivity index (χ1v) is 8.41. The van der Waals surface area contributed by atoms with Crippen molar-refractivity contribution < 1.29 is 0 Å². The number of azo groups is 1. The average molecular weight is 252 g/mol. The lowest BCUT2D eigenvalue weighted by molar-refractivity contribution is 0.124. The molecule has 0 unspecified atom stereocenters. The van der Waals surface area contributed by atoms with Crippen LogP contribution in [0.5, 0.6) is 0 Å². The highest BCUT2D eigenvalue weighted by Gasteiger charge is 2.83. The molecule has 7 aliphatic rings. The van der Waals surface area contributed by atoms with E-state index in [4.69, 9.17) is 10.2 Å². The van der Waals surface area contributed by atoms with Gasteiger partial charge in [0.15, 0.2) is 0 Å². The Balaban J connectivity index is 1.47. The molecule has 0 amide bonds. The van der Waals surface area contributed by atoms with Gasteiger partial charge in [0.1, 0.15) is 0 Å². The van der Waals surface area contributed by atoms with Crippen molar-refractivity contribution in [2.45, 2.75) is 50.1 Å². The summed E-state index contributed by atoms with van der Waals surface area (Å²) in [6.45, 7) is 0. The maximum atomic E-state index is 4.85. The zero-order valence-corrected chi connectivity index (χ0v) is 11.3. The highest BCUT2D eigenvalue weighted by atomic mass is 15.3. The van der Waals surface area contributed by atoms with Gasteiger partial charge >= 0.3 is 0 Å². The molecule has 7 rings (SSSR count). The zero-order valence-electron chi connectivity index (χ0n) is 11.3. The van der Waals surface area contributed by atoms with Crippen LogP contribution in [0.1, 0.15) is 38.5 Å². The van der Waals surface area contributed by atoms with E-state index in [2.05, 4.69) is 12.2 Å². The van der Waals surface area contributed by atoms with E-state index in [0.29, 0.717) is 17.0 Å². The van der Waals surface area contributed by atoms with Crippen LogP contribution < -0.4 is 0 Å². The van der Waals surface area contributed by atoms with Gasteiger partial charge in [-0.25, -0.2) is 0 Å². The van der Waals surface area contributed by atoms with Crippen molar-refractivity contribution in [3.05, 3.63) is 12.2 Å². The molecule has 1 heterocycles. The standard InChI is InChI=1S/C17H20N2/c1-2-15(3-4-15)10-9(1)11-14-13(12(10)16(11)5-6-16)17(7-8-17)19-18-14/h1-2,9-14H,3-8H2/t9-,10+,11+,12-,13-,14+/m1/s1. The number of allylic oxidation sites excluding steroid dienone is 2. The van der Waals surface area contributed by atoms with Crippen molar-refractivity contribution >= 4 is 0 Å². The summed E-state index contributed by atoms with van der Waals surface area (Å²) < 4.78 is 0. The molecule has 0 saturated heterocycles. The molecule has 2 bridgehead atoms. The minimum absolute atomic E-state index is 0.364. The monoisotopic (exact) mass is 252 g/mol. The highest BCUT2D eigenvalue weighted by molar-refractivity contribution is 5.39. The Kier molecular flexibility index (Phi) is 1.10.